The maximum atomic E-state index is 14.1. The van der Waals surface area contributed by atoms with Crippen molar-refractivity contribution >= 4 is 11.9 Å². The van der Waals surface area contributed by atoms with Gasteiger partial charge in [0.05, 0.1) is 5.92 Å². The van der Waals surface area contributed by atoms with Gasteiger partial charge in [-0.05, 0) is 60.5 Å². The number of piperidine rings is 1. The van der Waals surface area contributed by atoms with Crippen molar-refractivity contribution in [1.29, 1.82) is 0 Å². The van der Waals surface area contributed by atoms with Crippen LogP contribution in [0.1, 0.15) is 69.4 Å². The molecule has 2 aromatic rings. The summed E-state index contributed by atoms with van der Waals surface area (Å²) in [5.41, 5.74) is 1.83. The van der Waals surface area contributed by atoms with Gasteiger partial charge >= 0.3 is 5.97 Å². The molecule has 2 aliphatic rings. The summed E-state index contributed by atoms with van der Waals surface area (Å²) >= 11 is 0. The zero-order chi connectivity index (χ0) is 23.4. The van der Waals surface area contributed by atoms with Gasteiger partial charge in [0, 0.05) is 6.54 Å². The Hall–Kier alpha value is -2.62. The lowest BCUT2D eigenvalue weighted by molar-refractivity contribution is -0.155. The molecule has 1 N–H and O–H groups in total. The van der Waals surface area contributed by atoms with Gasteiger partial charge in [0.1, 0.15) is 6.04 Å². The molecule has 0 radical (unpaired) electrons. The largest absolute Gasteiger partial charge is 0.480 e. The van der Waals surface area contributed by atoms with E-state index in [0.717, 1.165) is 36.8 Å². The van der Waals surface area contributed by atoms with Crippen LogP contribution in [0.2, 0.25) is 0 Å². The number of nitrogens with zero attached hydrogens (tertiary/aromatic N) is 1. The SMILES string of the molecule is CC1CCC2CC(C(=O)O)N(C(=O)C(c3ccccc3)c3ccccc3)CC2CCC(C)C1. The Morgan fingerprint density at radius 1 is 0.788 bits per heavy atom. The topological polar surface area (TPSA) is 57.6 Å². The highest BCUT2D eigenvalue weighted by Crippen LogP contribution is 2.40. The number of aliphatic carboxylic acids is 1. The Kier molecular flexibility index (Phi) is 7.52. The number of carboxylic acids is 1. The quantitative estimate of drug-likeness (QED) is 0.628. The zero-order valence-electron chi connectivity index (χ0n) is 19.9. The molecule has 4 heteroatoms. The molecular formula is C29H37NO3. The van der Waals surface area contributed by atoms with E-state index in [-0.39, 0.29) is 5.91 Å². The summed E-state index contributed by atoms with van der Waals surface area (Å²) in [7, 11) is 0. The summed E-state index contributed by atoms with van der Waals surface area (Å²) in [6, 6.07) is 18.8. The van der Waals surface area contributed by atoms with Crippen LogP contribution < -0.4 is 0 Å². The minimum absolute atomic E-state index is 0.0838. The predicted octanol–water partition coefficient (Wildman–Crippen LogP) is 5.97. The molecule has 176 valence electrons. The molecular weight excluding hydrogens is 410 g/mol. The van der Waals surface area contributed by atoms with Crippen molar-refractivity contribution in [2.45, 2.75) is 64.3 Å². The normalized spacial score (nSPS) is 28.3. The van der Waals surface area contributed by atoms with Crippen LogP contribution in [0.5, 0.6) is 0 Å². The first-order valence-electron chi connectivity index (χ1n) is 12.6. The van der Waals surface area contributed by atoms with Crippen LogP contribution in [0.3, 0.4) is 0 Å². The van der Waals surface area contributed by atoms with Crippen molar-refractivity contribution in [3.8, 4) is 0 Å². The maximum Gasteiger partial charge on any atom is 0.326 e. The fraction of sp³-hybridized carbons (Fsp3) is 0.517. The van der Waals surface area contributed by atoms with Crippen molar-refractivity contribution in [2.75, 3.05) is 6.54 Å². The Bertz CT molecular complexity index is 889. The molecule has 1 aliphatic heterocycles. The predicted molar refractivity (Wildman–Crippen MR) is 131 cm³/mol. The molecule has 1 saturated heterocycles. The third-order valence-electron chi connectivity index (χ3n) is 7.95. The minimum Gasteiger partial charge on any atom is -0.480 e. The van der Waals surface area contributed by atoms with E-state index in [1.807, 2.05) is 60.7 Å². The van der Waals surface area contributed by atoms with Gasteiger partial charge in [-0.25, -0.2) is 4.79 Å². The first kappa shape index (κ1) is 23.5. The van der Waals surface area contributed by atoms with Crippen molar-refractivity contribution in [2.24, 2.45) is 23.7 Å². The van der Waals surface area contributed by atoms with Gasteiger partial charge in [-0.15, -0.1) is 0 Å². The van der Waals surface area contributed by atoms with Crippen LogP contribution in [-0.2, 0) is 9.59 Å². The van der Waals surface area contributed by atoms with Crippen LogP contribution in [0.4, 0.5) is 0 Å². The molecule has 2 aromatic carbocycles. The number of fused-ring (bicyclic) bond motifs is 1. The van der Waals surface area contributed by atoms with Crippen molar-refractivity contribution in [3.05, 3.63) is 71.8 Å². The van der Waals surface area contributed by atoms with Crippen LogP contribution in [0.15, 0.2) is 60.7 Å². The van der Waals surface area contributed by atoms with Crippen LogP contribution in [-0.4, -0.2) is 34.5 Å². The summed E-state index contributed by atoms with van der Waals surface area (Å²) in [4.78, 5) is 28.2. The molecule has 1 aliphatic carbocycles. The summed E-state index contributed by atoms with van der Waals surface area (Å²) in [6.07, 6.45) is 6.29. The Morgan fingerprint density at radius 2 is 1.30 bits per heavy atom. The van der Waals surface area contributed by atoms with E-state index < -0.39 is 17.9 Å². The molecule has 4 rings (SSSR count). The van der Waals surface area contributed by atoms with Gasteiger partial charge in [0.2, 0.25) is 5.91 Å². The summed E-state index contributed by atoms with van der Waals surface area (Å²) in [5, 5.41) is 10.2. The third-order valence-corrected chi connectivity index (χ3v) is 7.95. The van der Waals surface area contributed by atoms with Crippen LogP contribution >= 0.6 is 0 Å². The van der Waals surface area contributed by atoms with E-state index in [2.05, 4.69) is 13.8 Å². The molecule has 5 atom stereocenters. The standard InChI is InChI=1S/C29H37NO3/c1-20-13-15-24-18-26(29(32)33)30(19-25(24)16-14-21(2)17-20)28(31)27(22-9-5-3-6-10-22)23-11-7-4-8-12-23/h3-12,20-21,24-27H,13-19H2,1-2H3,(H,32,33). The number of likely N-dealkylation sites (tertiary alicyclic amines) is 1. The molecule has 33 heavy (non-hydrogen) atoms. The molecule has 4 nitrogen and oxygen atoms in total. The number of carboxylic acid groups (broad SMARTS) is 1. The number of rotatable bonds is 4. The van der Waals surface area contributed by atoms with Gasteiger partial charge in [-0.3, -0.25) is 4.79 Å². The number of benzene rings is 2. The Balaban J connectivity index is 1.66. The van der Waals surface area contributed by atoms with E-state index >= 15 is 0 Å². The first-order valence-corrected chi connectivity index (χ1v) is 12.6. The molecule has 5 unspecified atom stereocenters. The van der Waals surface area contributed by atoms with Gasteiger partial charge in [-0.1, -0.05) is 87.4 Å². The van der Waals surface area contributed by atoms with Crippen molar-refractivity contribution in [3.63, 3.8) is 0 Å². The molecule has 0 spiro atoms. The van der Waals surface area contributed by atoms with Crippen LogP contribution in [0.25, 0.3) is 0 Å². The van der Waals surface area contributed by atoms with Gasteiger partial charge in [-0.2, -0.15) is 0 Å². The highest BCUT2D eigenvalue weighted by Gasteiger charge is 2.43. The number of carbonyl (C=O) groups excluding carboxylic acids is 1. The highest BCUT2D eigenvalue weighted by atomic mass is 16.4. The number of hydrogen-bond acceptors (Lipinski definition) is 2. The monoisotopic (exact) mass is 447 g/mol. The first-order chi connectivity index (χ1) is 15.9. The Morgan fingerprint density at radius 3 is 1.82 bits per heavy atom. The van der Waals surface area contributed by atoms with E-state index in [9.17, 15) is 14.7 Å². The second-order valence-corrected chi connectivity index (χ2v) is 10.5. The van der Waals surface area contributed by atoms with Gasteiger partial charge < -0.3 is 10.0 Å². The van der Waals surface area contributed by atoms with Crippen molar-refractivity contribution < 1.29 is 14.7 Å². The molecule has 0 bridgehead atoms. The van der Waals surface area contributed by atoms with Crippen molar-refractivity contribution in [1.82, 2.24) is 4.90 Å². The van der Waals surface area contributed by atoms with E-state index in [0.29, 0.717) is 36.6 Å². The summed E-state index contributed by atoms with van der Waals surface area (Å²) in [5.74, 6) is 0.687. The average Bonchev–Trinajstić information content (AvgIpc) is 2.88. The summed E-state index contributed by atoms with van der Waals surface area (Å²) < 4.78 is 0. The third kappa shape index (κ3) is 5.48. The lowest BCUT2D eigenvalue weighted by Crippen LogP contribution is -2.54. The number of carbonyl (C=O) groups is 2. The van der Waals surface area contributed by atoms with E-state index in [4.69, 9.17) is 0 Å². The fourth-order valence-corrected chi connectivity index (χ4v) is 6.15. The zero-order valence-corrected chi connectivity index (χ0v) is 19.9. The second-order valence-electron chi connectivity index (χ2n) is 10.5. The summed E-state index contributed by atoms with van der Waals surface area (Å²) in [6.45, 7) is 5.22. The molecule has 1 amide bonds. The van der Waals surface area contributed by atoms with E-state index in [1.165, 1.54) is 6.42 Å². The van der Waals surface area contributed by atoms with E-state index in [1.54, 1.807) is 4.90 Å². The Labute approximate surface area is 198 Å². The molecule has 1 saturated carbocycles. The fourth-order valence-electron chi connectivity index (χ4n) is 6.15. The lowest BCUT2D eigenvalue weighted by Gasteiger charge is -2.44. The number of amides is 1. The highest BCUT2D eigenvalue weighted by molar-refractivity contribution is 5.91. The average molecular weight is 448 g/mol. The lowest BCUT2D eigenvalue weighted by atomic mass is 9.76. The second kappa shape index (κ2) is 10.5. The number of hydrogen-bond donors (Lipinski definition) is 1. The molecule has 1 heterocycles. The maximum absolute atomic E-state index is 14.1. The smallest absolute Gasteiger partial charge is 0.326 e. The minimum atomic E-state index is -0.872. The van der Waals surface area contributed by atoms with Crippen LogP contribution in [0, 0.1) is 23.7 Å². The molecule has 2 fully saturated rings. The van der Waals surface area contributed by atoms with Gasteiger partial charge in [0.25, 0.3) is 0 Å². The van der Waals surface area contributed by atoms with Gasteiger partial charge in [0.15, 0.2) is 0 Å². The molecule has 0 aromatic heterocycles.